The third-order valence-corrected chi connectivity index (χ3v) is 2.73. The van der Waals surface area contributed by atoms with E-state index in [9.17, 15) is 0 Å². The van der Waals surface area contributed by atoms with Crippen molar-refractivity contribution in [2.45, 2.75) is 39.0 Å². The molecule has 0 radical (unpaired) electrons. The minimum Gasteiger partial charge on any atom is -0.394 e. The van der Waals surface area contributed by atoms with Crippen LogP contribution in [0.15, 0.2) is 0 Å². The van der Waals surface area contributed by atoms with Crippen LogP contribution in [0.3, 0.4) is 0 Å². The molecule has 1 aliphatic rings. The van der Waals surface area contributed by atoms with E-state index in [0.717, 1.165) is 5.11 Å². The SMILES string of the molecule is CC(C)NC(=S)N1CC(CO)OCC1C. The molecular weight excluding hydrogens is 212 g/mol. The average molecular weight is 232 g/mol. The normalized spacial score (nSPS) is 26.9. The largest absolute Gasteiger partial charge is 0.394 e. The summed E-state index contributed by atoms with van der Waals surface area (Å²) < 4.78 is 5.45. The van der Waals surface area contributed by atoms with Gasteiger partial charge >= 0.3 is 0 Å². The second-order valence-electron chi connectivity index (χ2n) is 4.24. The highest BCUT2D eigenvalue weighted by Gasteiger charge is 2.27. The highest BCUT2D eigenvalue weighted by atomic mass is 32.1. The Morgan fingerprint density at radius 3 is 2.87 bits per heavy atom. The van der Waals surface area contributed by atoms with E-state index in [-0.39, 0.29) is 18.8 Å². The maximum Gasteiger partial charge on any atom is 0.169 e. The average Bonchev–Trinajstić information content (AvgIpc) is 2.17. The summed E-state index contributed by atoms with van der Waals surface area (Å²) in [6, 6.07) is 0.603. The van der Waals surface area contributed by atoms with Crippen LogP contribution in [-0.2, 0) is 4.74 Å². The molecule has 1 saturated heterocycles. The van der Waals surface area contributed by atoms with Gasteiger partial charge in [-0.15, -0.1) is 0 Å². The first-order valence-electron chi connectivity index (χ1n) is 5.34. The first kappa shape index (κ1) is 12.7. The van der Waals surface area contributed by atoms with Crippen LogP contribution in [0.2, 0.25) is 0 Å². The highest BCUT2D eigenvalue weighted by Crippen LogP contribution is 2.11. The quantitative estimate of drug-likeness (QED) is 0.673. The Kier molecular flexibility index (Phi) is 4.76. The number of nitrogens with one attached hydrogen (secondary N) is 1. The lowest BCUT2D eigenvalue weighted by Gasteiger charge is -2.39. The second-order valence-corrected chi connectivity index (χ2v) is 4.63. The summed E-state index contributed by atoms with van der Waals surface area (Å²) in [4.78, 5) is 2.08. The molecule has 0 bridgehead atoms. The van der Waals surface area contributed by atoms with Crippen LogP contribution in [-0.4, -0.2) is 53.1 Å². The van der Waals surface area contributed by atoms with Crippen LogP contribution >= 0.6 is 12.2 Å². The summed E-state index contributed by atoms with van der Waals surface area (Å²) in [6.45, 7) is 7.51. The van der Waals surface area contributed by atoms with Gasteiger partial charge in [0.05, 0.1) is 25.4 Å². The number of nitrogens with zero attached hydrogens (tertiary/aromatic N) is 1. The van der Waals surface area contributed by atoms with Gasteiger partial charge in [0, 0.05) is 12.6 Å². The molecule has 0 amide bonds. The Morgan fingerprint density at radius 1 is 1.67 bits per heavy atom. The van der Waals surface area contributed by atoms with Gasteiger partial charge < -0.3 is 20.1 Å². The van der Waals surface area contributed by atoms with Crippen molar-refractivity contribution in [2.24, 2.45) is 0 Å². The van der Waals surface area contributed by atoms with E-state index in [4.69, 9.17) is 22.1 Å². The third-order valence-electron chi connectivity index (χ3n) is 2.38. The van der Waals surface area contributed by atoms with Crippen molar-refractivity contribution in [3.63, 3.8) is 0 Å². The van der Waals surface area contributed by atoms with Crippen LogP contribution in [0.4, 0.5) is 0 Å². The number of aliphatic hydroxyl groups excluding tert-OH is 1. The number of thiocarbonyl (C=S) groups is 1. The predicted octanol–water partition coefficient (Wildman–Crippen LogP) is 0.351. The molecule has 88 valence electrons. The summed E-state index contributed by atoms with van der Waals surface area (Å²) >= 11 is 5.31. The van der Waals surface area contributed by atoms with Gasteiger partial charge in [0.15, 0.2) is 5.11 Å². The summed E-state index contributed by atoms with van der Waals surface area (Å²) in [5.41, 5.74) is 0. The molecule has 2 N–H and O–H groups in total. The second kappa shape index (κ2) is 5.63. The lowest BCUT2D eigenvalue weighted by atomic mass is 10.2. The molecule has 5 heteroatoms. The van der Waals surface area contributed by atoms with Gasteiger partial charge in [0.1, 0.15) is 0 Å². The Morgan fingerprint density at radius 2 is 2.33 bits per heavy atom. The summed E-state index contributed by atoms with van der Waals surface area (Å²) in [7, 11) is 0. The highest BCUT2D eigenvalue weighted by molar-refractivity contribution is 7.80. The number of hydrogen-bond acceptors (Lipinski definition) is 3. The van der Waals surface area contributed by atoms with E-state index in [0.29, 0.717) is 19.2 Å². The number of morpholine rings is 1. The first-order valence-corrected chi connectivity index (χ1v) is 5.75. The van der Waals surface area contributed by atoms with Crippen LogP contribution in [0.25, 0.3) is 0 Å². The van der Waals surface area contributed by atoms with Crippen LogP contribution in [0.1, 0.15) is 20.8 Å². The van der Waals surface area contributed by atoms with Crippen molar-refractivity contribution in [1.82, 2.24) is 10.2 Å². The molecule has 0 aromatic rings. The molecule has 1 aliphatic heterocycles. The van der Waals surface area contributed by atoms with Gasteiger partial charge in [-0.2, -0.15) is 0 Å². The maximum absolute atomic E-state index is 9.04. The molecule has 15 heavy (non-hydrogen) atoms. The molecule has 2 atom stereocenters. The predicted molar refractivity (Wildman–Crippen MR) is 63.9 cm³/mol. The third kappa shape index (κ3) is 3.59. The molecule has 4 nitrogen and oxygen atoms in total. The Labute approximate surface area is 96.6 Å². The van der Waals surface area contributed by atoms with Gasteiger partial charge in [-0.3, -0.25) is 0 Å². The molecule has 0 aromatic heterocycles. The van der Waals surface area contributed by atoms with Crippen molar-refractivity contribution in [3.8, 4) is 0 Å². The zero-order chi connectivity index (χ0) is 11.4. The molecule has 0 aliphatic carbocycles. The van der Waals surface area contributed by atoms with E-state index >= 15 is 0 Å². The molecule has 1 heterocycles. The van der Waals surface area contributed by atoms with Crippen LogP contribution in [0.5, 0.6) is 0 Å². The summed E-state index contributed by atoms with van der Waals surface area (Å²) in [6.07, 6.45) is -0.117. The van der Waals surface area contributed by atoms with E-state index in [1.54, 1.807) is 0 Å². The Bertz CT molecular complexity index is 223. The molecule has 2 unspecified atom stereocenters. The molecule has 0 spiro atoms. The topological polar surface area (TPSA) is 44.7 Å². The van der Waals surface area contributed by atoms with Crippen molar-refractivity contribution in [2.75, 3.05) is 19.8 Å². The van der Waals surface area contributed by atoms with Crippen molar-refractivity contribution in [1.29, 1.82) is 0 Å². The number of rotatable bonds is 2. The van der Waals surface area contributed by atoms with E-state index in [2.05, 4.69) is 31.0 Å². The van der Waals surface area contributed by atoms with E-state index in [1.165, 1.54) is 0 Å². The van der Waals surface area contributed by atoms with Gasteiger partial charge in [-0.25, -0.2) is 0 Å². The number of hydrogen-bond donors (Lipinski definition) is 2. The monoisotopic (exact) mass is 232 g/mol. The fourth-order valence-electron chi connectivity index (χ4n) is 1.54. The van der Waals surface area contributed by atoms with E-state index in [1.807, 2.05) is 0 Å². The van der Waals surface area contributed by atoms with E-state index < -0.39 is 0 Å². The minimum atomic E-state index is -0.117. The lowest BCUT2D eigenvalue weighted by molar-refractivity contribution is -0.0562. The Balaban J connectivity index is 2.53. The van der Waals surface area contributed by atoms with Gasteiger partial charge in [0.25, 0.3) is 0 Å². The number of ether oxygens (including phenoxy) is 1. The minimum absolute atomic E-state index is 0.0491. The fraction of sp³-hybridized carbons (Fsp3) is 0.900. The summed E-state index contributed by atoms with van der Waals surface area (Å²) in [5, 5.41) is 13.0. The summed E-state index contributed by atoms with van der Waals surface area (Å²) in [5.74, 6) is 0. The molecular formula is C10H20N2O2S. The molecule has 1 fully saturated rings. The van der Waals surface area contributed by atoms with Crippen molar-refractivity contribution < 1.29 is 9.84 Å². The molecule has 1 rings (SSSR count). The standard InChI is InChI=1S/C10H20N2O2S/c1-7(2)11-10(15)12-4-9(5-13)14-6-8(12)3/h7-9,13H,4-6H2,1-3H3,(H,11,15). The number of aliphatic hydroxyl groups is 1. The zero-order valence-electron chi connectivity index (χ0n) is 9.56. The molecule has 0 aromatic carbocycles. The van der Waals surface area contributed by atoms with Crippen molar-refractivity contribution >= 4 is 17.3 Å². The lowest BCUT2D eigenvalue weighted by Crippen LogP contribution is -2.55. The Hall–Kier alpha value is -0.390. The van der Waals surface area contributed by atoms with Gasteiger partial charge in [-0.05, 0) is 33.0 Å². The first-order chi connectivity index (χ1) is 7.04. The van der Waals surface area contributed by atoms with Crippen LogP contribution in [0, 0.1) is 0 Å². The zero-order valence-corrected chi connectivity index (χ0v) is 10.4. The fourth-order valence-corrected chi connectivity index (χ4v) is 2.03. The smallest absolute Gasteiger partial charge is 0.169 e. The van der Waals surface area contributed by atoms with Crippen molar-refractivity contribution in [3.05, 3.63) is 0 Å². The van der Waals surface area contributed by atoms with Gasteiger partial charge in [0.2, 0.25) is 0 Å². The van der Waals surface area contributed by atoms with Crippen LogP contribution < -0.4 is 5.32 Å². The van der Waals surface area contributed by atoms with Gasteiger partial charge in [-0.1, -0.05) is 0 Å². The molecule has 0 saturated carbocycles. The maximum atomic E-state index is 9.04.